The van der Waals surface area contributed by atoms with Gasteiger partial charge in [0.25, 0.3) is 0 Å². The quantitative estimate of drug-likeness (QED) is 0.753. The topological polar surface area (TPSA) is 24.9 Å². The van der Waals surface area contributed by atoms with Gasteiger partial charge in [0, 0.05) is 37.8 Å². The van der Waals surface area contributed by atoms with Crippen LogP contribution in [0, 0.1) is 0 Å². The lowest BCUT2D eigenvalue weighted by Gasteiger charge is -2.48. The molecule has 130 valence electrons. The highest BCUT2D eigenvalue weighted by molar-refractivity contribution is 4.99. The standard InChI is InChI=1S/C18H36N2O2/c1-15(2)21-12-10-19(6)16-7-9-20(13-16)18(5)8-11-22-17(3,4)14-18/h15-16H,7-14H2,1-6H3/t16-,18-/m0/s1. The highest BCUT2D eigenvalue weighted by atomic mass is 16.5. The maximum absolute atomic E-state index is 5.92. The van der Waals surface area contributed by atoms with E-state index in [0.29, 0.717) is 17.7 Å². The predicted molar refractivity (Wildman–Crippen MR) is 91.4 cm³/mol. The third-order valence-electron chi connectivity index (χ3n) is 5.39. The summed E-state index contributed by atoms with van der Waals surface area (Å²) in [5.74, 6) is 0. The molecule has 2 atom stereocenters. The van der Waals surface area contributed by atoms with E-state index in [1.54, 1.807) is 0 Å². The average molecular weight is 312 g/mol. The van der Waals surface area contributed by atoms with E-state index in [1.807, 2.05) is 0 Å². The maximum Gasteiger partial charge on any atom is 0.0644 e. The number of rotatable bonds is 6. The second kappa shape index (κ2) is 7.16. The van der Waals surface area contributed by atoms with Crippen molar-refractivity contribution in [3.05, 3.63) is 0 Å². The summed E-state index contributed by atoms with van der Waals surface area (Å²) >= 11 is 0. The van der Waals surface area contributed by atoms with Gasteiger partial charge in [0.05, 0.1) is 18.3 Å². The van der Waals surface area contributed by atoms with Crippen molar-refractivity contribution in [2.75, 3.05) is 39.9 Å². The zero-order chi connectivity index (χ0) is 16.4. The van der Waals surface area contributed by atoms with Crippen molar-refractivity contribution < 1.29 is 9.47 Å². The van der Waals surface area contributed by atoms with Gasteiger partial charge in [0.2, 0.25) is 0 Å². The van der Waals surface area contributed by atoms with Crippen LogP contribution in [0.5, 0.6) is 0 Å². The van der Waals surface area contributed by atoms with Crippen LogP contribution in [0.3, 0.4) is 0 Å². The summed E-state index contributed by atoms with van der Waals surface area (Å²) < 4.78 is 11.6. The summed E-state index contributed by atoms with van der Waals surface area (Å²) in [5.41, 5.74) is 0.313. The molecule has 4 nitrogen and oxygen atoms in total. The highest BCUT2D eigenvalue weighted by Crippen LogP contribution is 2.38. The Bertz CT molecular complexity index is 359. The fraction of sp³-hybridized carbons (Fsp3) is 1.00. The second-order valence-electron chi connectivity index (χ2n) is 8.32. The SMILES string of the molecule is CC(C)OCCN(C)[C@H]1CCN([C@@]2(C)CCOC(C)(C)C2)C1. The summed E-state index contributed by atoms with van der Waals surface area (Å²) in [6.45, 7) is 16.3. The molecule has 0 bridgehead atoms. The van der Waals surface area contributed by atoms with Gasteiger partial charge in [-0.05, 0) is 60.9 Å². The van der Waals surface area contributed by atoms with Crippen LogP contribution in [0.4, 0.5) is 0 Å². The highest BCUT2D eigenvalue weighted by Gasteiger charge is 2.44. The van der Waals surface area contributed by atoms with Crippen LogP contribution in [0.25, 0.3) is 0 Å². The summed E-state index contributed by atoms with van der Waals surface area (Å²) in [4.78, 5) is 5.19. The van der Waals surface area contributed by atoms with Crippen LogP contribution in [-0.2, 0) is 9.47 Å². The molecule has 0 aromatic heterocycles. The van der Waals surface area contributed by atoms with Crippen LogP contribution in [-0.4, -0.2) is 73.0 Å². The van der Waals surface area contributed by atoms with Gasteiger partial charge in [0.15, 0.2) is 0 Å². The number of nitrogens with zero attached hydrogens (tertiary/aromatic N) is 2. The Hall–Kier alpha value is -0.160. The van der Waals surface area contributed by atoms with Crippen molar-refractivity contribution >= 4 is 0 Å². The Morgan fingerprint density at radius 2 is 2.05 bits per heavy atom. The van der Waals surface area contributed by atoms with E-state index in [-0.39, 0.29) is 5.60 Å². The smallest absolute Gasteiger partial charge is 0.0644 e. The molecular formula is C18H36N2O2. The normalized spacial score (nSPS) is 33.0. The molecule has 0 spiro atoms. The monoisotopic (exact) mass is 312 g/mol. The first-order valence-electron chi connectivity index (χ1n) is 8.93. The first kappa shape index (κ1) is 18.2. The molecule has 0 saturated carbocycles. The minimum atomic E-state index is 0.0160. The van der Waals surface area contributed by atoms with E-state index in [4.69, 9.17) is 9.47 Å². The van der Waals surface area contributed by atoms with Crippen molar-refractivity contribution in [2.24, 2.45) is 0 Å². The molecule has 2 rings (SSSR count). The zero-order valence-corrected chi connectivity index (χ0v) is 15.5. The van der Waals surface area contributed by atoms with Crippen LogP contribution >= 0.6 is 0 Å². The molecule has 0 unspecified atom stereocenters. The third-order valence-corrected chi connectivity index (χ3v) is 5.39. The van der Waals surface area contributed by atoms with Crippen molar-refractivity contribution in [3.63, 3.8) is 0 Å². The summed E-state index contributed by atoms with van der Waals surface area (Å²) in [7, 11) is 2.24. The van der Waals surface area contributed by atoms with E-state index >= 15 is 0 Å². The average Bonchev–Trinajstić information content (AvgIpc) is 2.86. The van der Waals surface area contributed by atoms with Gasteiger partial charge >= 0.3 is 0 Å². The van der Waals surface area contributed by atoms with E-state index in [0.717, 1.165) is 32.6 Å². The van der Waals surface area contributed by atoms with E-state index in [2.05, 4.69) is 51.5 Å². The molecule has 2 fully saturated rings. The van der Waals surface area contributed by atoms with Gasteiger partial charge in [-0.25, -0.2) is 0 Å². The number of ether oxygens (including phenoxy) is 2. The van der Waals surface area contributed by atoms with Crippen LogP contribution in [0.1, 0.15) is 53.9 Å². The second-order valence-corrected chi connectivity index (χ2v) is 8.32. The molecular weight excluding hydrogens is 276 g/mol. The van der Waals surface area contributed by atoms with Crippen LogP contribution in [0.15, 0.2) is 0 Å². The Kier molecular flexibility index (Phi) is 5.92. The van der Waals surface area contributed by atoms with Crippen molar-refractivity contribution in [2.45, 2.75) is 77.2 Å². The molecule has 2 heterocycles. The van der Waals surface area contributed by atoms with Crippen molar-refractivity contribution in [1.29, 1.82) is 0 Å². The van der Waals surface area contributed by atoms with Gasteiger partial charge < -0.3 is 9.47 Å². The van der Waals surface area contributed by atoms with Crippen LogP contribution < -0.4 is 0 Å². The first-order valence-corrected chi connectivity index (χ1v) is 8.93. The zero-order valence-electron chi connectivity index (χ0n) is 15.5. The lowest BCUT2D eigenvalue weighted by atomic mass is 9.81. The molecule has 2 saturated heterocycles. The van der Waals surface area contributed by atoms with E-state index in [9.17, 15) is 0 Å². The van der Waals surface area contributed by atoms with Crippen molar-refractivity contribution in [1.82, 2.24) is 9.80 Å². The summed E-state index contributed by atoms with van der Waals surface area (Å²) in [5, 5.41) is 0. The number of likely N-dealkylation sites (tertiary alicyclic amines) is 1. The third kappa shape index (κ3) is 4.67. The minimum absolute atomic E-state index is 0.0160. The van der Waals surface area contributed by atoms with Gasteiger partial charge in [-0.15, -0.1) is 0 Å². The molecule has 2 aliphatic rings. The van der Waals surface area contributed by atoms with Crippen LogP contribution in [0.2, 0.25) is 0 Å². The Morgan fingerprint density at radius 3 is 2.68 bits per heavy atom. The lowest BCUT2D eigenvalue weighted by Crippen LogP contribution is -2.54. The lowest BCUT2D eigenvalue weighted by molar-refractivity contribution is -0.112. The molecule has 4 heteroatoms. The Labute approximate surface area is 137 Å². The van der Waals surface area contributed by atoms with Gasteiger partial charge in [-0.3, -0.25) is 9.80 Å². The maximum atomic E-state index is 5.92. The van der Waals surface area contributed by atoms with Crippen molar-refractivity contribution in [3.8, 4) is 0 Å². The number of likely N-dealkylation sites (N-methyl/N-ethyl adjacent to an activating group) is 1. The molecule has 0 amide bonds. The largest absolute Gasteiger partial charge is 0.377 e. The van der Waals surface area contributed by atoms with E-state index < -0.39 is 0 Å². The van der Waals surface area contributed by atoms with Gasteiger partial charge in [-0.2, -0.15) is 0 Å². The van der Waals surface area contributed by atoms with Gasteiger partial charge in [-0.1, -0.05) is 0 Å². The molecule has 0 aromatic rings. The summed E-state index contributed by atoms with van der Waals surface area (Å²) in [6, 6.07) is 0.665. The van der Waals surface area contributed by atoms with Gasteiger partial charge in [0.1, 0.15) is 0 Å². The molecule has 22 heavy (non-hydrogen) atoms. The fourth-order valence-corrected chi connectivity index (χ4v) is 4.08. The molecule has 0 N–H and O–H groups in total. The Balaban J connectivity index is 1.84. The predicted octanol–water partition coefficient (Wildman–Crippen LogP) is 2.77. The molecule has 2 aliphatic heterocycles. The number of hydrogen-bond acceptors (Lipinski definition) is 4. The molecule has 0 aliphatic carbocycles. The number of hydrogen-bond donors (Lipinski definition) is 0. The van der Waals surface area contributed by atoms with E-state index in [1.165, 1.54) is 19.5 Å². The molecule has 0 radical (unpaired) electrons. The fourth-order valence-electron chi connectivity index (χ4n) is 4.08. The minimum Gasteiger partial charge on any atom is -0.377 e. The summed E-state index contributed by atoms with van der Waals surface area (Å²) in [6.07, 6.45) is 3.89. The Morgan fingerprint density at radius 1 is 1.32 bits per heavy atom. The first-order chi connectivity index (χ1) is 10.2. The molecule has 0 aromatic carbocycles.